The second kappa shape index (κ2) is 9.94. The van der Waals surface area contributed by atoms with Crippen molar-refractivity contribution in [3.05, 3.63) is 59.2 Å². The summed E-state index contributed by atoms with van der Waals surface area (Å²) >= 11 is 0. The van der Waals surface area contributed by atoms with Crippen LogP contribution in [0.4, 0.5) is 0 Å². The fraction of sp³-hybridized carbons (Fsp3) is 0.316. The first-order valence-electron chi connectivity index (χ1n) is 7.72. The third-order valence-corrected chi connectivity index (χ3v) is 4.69. The van der Waals surface area contributed by atoms with Gasteiger partial charge in [-0.15, -0.1) is 0 Å². The third-order valence-electron chi connectivity index (χ3n) is 3.59. The Morgan fingerprint density at radius 3 is 2.22 bits per heavy atom. The average molecular weight is 321 g/mol. The molecule has 4 heteroatoms. The van der Waals surface area contributed by atoms with E-state index >= 15 is 0 Å². The quantitative estimate of drug-likeness (QED) is 0.440. The number of carbonyl (C=O) groups is 1. The smallest absolute Gasteiger partial charge is 0.494 e. The number of unbranched alkanes of at least 4 members (excludes halogenated alkanes) is 1. The molecule has 2 rings (SSSR count). The number of ether oxygens (including phenoxy) is 1. The topological polar surface area (TPSA) is 26.3 Å². The van der Waals surface area contributed by atoms with E-state index in [4.69, 9.17) is 4.74 Å². The average Bonchev–Trinajstić information content (AvgIpc) is 2.49. The molecule has 0 aliphatic rings. The van der Waals surface area contributed by atoms with Gasteiger partial charge in [-0.1, -0.05) is 43.7 Å². The predicted octanol–water partition coefficient (Wildman–Crippen LogP) is 1.63. The molecule has 23 heavy (non-hydrogen) atoms. The number of rotatable bonds is 7. The standard InChI is InChI=1S/C19H23O2P.Li/c1-4-5-13-21-16-9-11-17(12-10-16)22-19(20)18-14(2)7-6-8-15(18)3;/h6-12,22H,4-5,13H2,1-3H3;/q;+1. The van der Waals surface area contributed by atoms with Crippen LogP contribution in [0.2, 0.25) is 0 Å². The van der Waals surface area contributed by atoms with Crippen LogP contribution in [0.1, 0.15) is 41.3 Å². The molecule has 0 spiro atoms. The number of carbonyl (C=O) groups excluding carboxylic acids is 1. The molecule has 2 nitrogen and oxygen atoms in total. The minimum atomic E-state index is 0. The van der Waals surface area contributed by atoms with Gasteiger partial charge in [0, 0.05) is 5.56 Å². The van der Waals surface area contributed by atoms with E-state index in [0.29, 0.717) is 0 Å². The van der Waals surface area contributed by atoms with Crippen molar-refractivity contribution >= 4 is 19.4 Å². The third kappa shape index (κ3) is 5.81. The molecule has 0 aromatic heterocycles. The minimum absolute atomic E-state index is 0. The number of aryl methyl sites for hydroxylation is 2. The molecular weight excluding hydrogens is 298 g/mol. The van der Waals surface area contributed by atoms with E-state index in [0.717, 1.165) is 47.2 Å². The van der Waals surface area contributed by atoms with Gasteiger partial charge in [-0.25, -0.2) is 0 Å². The SMILES string of the molecule is CCCCOc1ccc(PC(=O)c2c(C)cccc2C)cc1.[Li+]. The van der Waals surface area contributed by atoms with Gasteiger partial charge in [-0.05, 0) is 57.4 Å². The normalized spacial score (nSPS) is 10.6. The molecule has 0 bridgehead atoms. The van der Waals surface area contributed by atoms with E-state index in [2.05, 4.69) is 6.92 Å². The van der Waals surface area contributed by atoms with Gasteiger partial charge in [0.2, 0.25) is 0 Å². The number of hydrogen-bond acceptors (Lipinski definition) is 2. The van der Waals surface area contributed by atoms with Crippen molar-refractivity contribution in [2.24, 2.45) is 0 Å². The van der Waals surface area contributed by atoms with Crippen molar-refractivity contribution in [3.63, 3.8) is 0 Å². The molecule has 0 amide bonds. The molecule has 2 aromatic rings. The van der Waals surface area contributed by atoms with Crippen LogP contribution in [-0.2, 0) is 0 Å². The van der Waals surface area contributed by atoms with Crippen molar-refractivity contribution in [1.29, 1.82) is 0 Å². The maximum Gasteiger partial charge on any atom is 1.00 e. The Hall–Kier alpha value is -1.06. The van der Waals surface area contributed by atoms with Gasteiger partial charge in [0.1, 0.15) is 5.75 Å². The van der Waals surface area contributed by atoms with Crippen molar-refractivity contribution in [2.75, 3.05) is 6.61 Å². The van der Waals surface area contributed by atoms with Crippen molar-refractivity contribution in [2.45, 2.75) is 33.6 Å². The molecule has 0 aliphatic carbocycles. The van der Waals surface area contributed by atoms with E-state index in [1.807, 2.05) is 56.3 Å². The molecule has 116 valence electrons. The molecule has 0 N–H and O–H groups in total. The second-order valence-corrected chi connectivity index (χ2v) is 6.73. The van der Waals surface area contributed by atoms with Crippen LogP contribution in [0.5, 0.6) is 5.75 Å². The first-order valence-corrected chi connectivity index (χ1v) is 8.72. The summed E-state index contributed by atoms with van der Waals surface area (Å²) in [5.74, 6) is 0.876. The fourth-order valence-corrected chi connectivity index (χ4v) is 3.45. The Labute approximate surface area is 153 Å². The minimum Gasteiger partial charge on any atom is -0.494 e. The van der Waals surface area contributed by atoms with Gasteiger partial charge in [0.25, 0.3) is 0 Å². The van der Waals surface area contributed by atoms with Gasteiger partial charge in [0.15, 0.2) is 5.52 Å². The maximum absolute atomic E-state index is 12.5. The van der Waals surface area contributed by atoms with E-state index in [-0.39, 0.29) is 33.0 Å². The van der Waals surface area contributed by atoms with Crippen molar-refractivity contribution in [3.8, 4) is 5.75 Å². The molecule has 0 radical (unpaired) electrons. The fourth-order valence-electron chi connectivity index (χ4n) is 2.34. The number of hydrogen-bond donors (Lipinski definition) is 0. The molecule has 0 saturated heterocycles. The van der Waals surface area contributed by atoms with E-state index < -0.39 is 0 Å². The molecule has 1 atom stereocenters. The van der Waals surface area contributed by atoms with Gasteiger partial charge in [-0.3, -0.25) is 4.79 Å². The van der Waals surface area contributed by atoms with E-state index in [9.17, 15) is 4.79 Å². The van der Waals surface area contributed by atoms with Crippen LogP contribution >= 0.6 is 8.58 Å². The van der Waals surface area contributed by atoms with Crippen LogP contribution < -0.4 is 28.9 Å². The summed E-state index contributed by atoms with van der Waals surface area (Å²) < 4.78 is 5.65. The van der Waals surface area contributed by atoms with E-state index in [1.165, 1.54) is 0 Å². The Morgan fingerprint density at radius 2 is 1.65 bits per heavy atom. The molecule has 1 unspecified atom stereocenters. The van der Waals surface area contributed by atoms with E-state index in [1.54, 1.807) is 0 Å². The predicted molar refractivity (Wildman–Crippen MR) is 95.0 cm³/mol. The van der Waals surface area contributed by atoms with Gasteiger partial charge in [-0.2, -0.15) is 0 Å². The van der Waals surface area contributed by atoms with Crippen molar-refractivity contribution < 1.29 is 28.4 Å². The zero-order chi connectivity index (χ0) is 15.9. The summed E-state index contributed by atoms with van der Waals surface area (Å²) in [6.45, 7) is 6.89. The molecule has 0 saturated carbocycles. The summed E-state index contributed by atoms with van der Waals surface area (Å²) in [5.41, 5.74) is 3.17. The van der Waals surface area contributed by atoms with Crippen LogP contribution in [-0.4, -0.2) is 12.1 Å². The Morgan fingerprint density at radius 1 is 1.04 bits per heavy atom. The summed E-state index contributed by atoms with van der Waals surface area (Å²) in [6.07, 6.45) is 2.19. The molecule has 0 fully saturated rings. The van der Waals surface area contributed by atoms with Crippen LogP contribution in [0.25, 0.3) is 0 Å². The Balaban J connectivity index is 0.00000264. The number of benzene rings is 2. The first-order chi connectivity index (χ1) is 10.6. The van der Waals surface area contributed by atoms with Crippen LogP contribution in [0.3, 0.4) is 0 Å². The second-order valence-electron chi connectivity index (χ2n) is 5.45. The molecular formula is C19H23LiO2P+. The maximum atomic E-state index is 12.5. The van der Waals surface area contributed by atoms with Gasteiger partial charge < -0.3 is 4.74 Å². The largest absolute Gasteiger partial charge is 1.00 e. The van der Waals surface area contributed by atoms with Crippen LogP contribution in [0.15, 0.2) is 42.5 Å². The first kappa shape index (κ1) is 20.0. The summed E-state index contributed by atoms with van der Waals surface area (Å²) in [6, 6.07) is 13.9. The molecule has 0 aliphatic heterocycles. The zero-order valence-electron chi connectivity index (χ0n) is 14.5. The summed E-state index contributed by atoms with van der Waals surface area (Å²) in [4.78, 5) is 12.5. The van der Waals surface area contributed by atoms with Crippen LogP contribution in [0, 0.1) is 13.8 Å². The van der Waals surface area contributed by atoms with Gasteiger partial charge >= 0.3 is 18.9 Å². The monoisotopic (exact) mass is 321 g/mol. The summed E-state index contributed by atoms with van der Waals surface area (Å²) in [5, 5.41) is 1.05. The van der Waals surface area contributed by atoms with Gasteiger partial charge in [0.05, 0.1) is 6.61 Å². The molecule has 0 heterocycles. The Bertz CT molecular complexity index is 618. The van der Waals surface area contributed by atoms with Crippen molar-refractivity contribution in [1.82, 2.24) is 0 Å². The molecule has 2 aromatic carbocycles. The zero-order valence-corrected chi connectivity index (χ0v) is 15.5. The summed E-state index contributed by atoms with van der Waals surface area (Å²) in [7, 11) is 0.153. The Kier molecular flexibility index (Phi) is 8.64.